The lowest BCUT2D eigenvalue weighted by Gasteiger charge is -2.17. The first-order chi connectivity index (χ1) is 22.3. The van der Waals surface area contributed by atoms with Crippen LogP contribution in [0.1, 0.15) is 32.9 Å². The van der Waals surface area contributed by atoms with Gasteiger partial charge in [-0.3, -0.25) is 4.79 Å². The first-order valence-electron chi connectivity index (χ1n) is 16.1. The number of carbonyl (C=O) groups excluding carboxylic acids is 1. The van der Waals surface area contributed by atoms with Crippen molar-refractivity contribution in [2.75, 3.05) is 119 Å². The van der Waals surface area contributed by atoms with Crippen molar-refractivity contribution in [1.82, 2.24) is 19.9 Å². The van der Waals surface area contributed by atoms with E-state index in [0.29, 0.717) is 142 Å². The number of allylic oxidation sites excluding steroid dienone is 1. The molecule has 14 nitrogen and oxygen atoms in total. The van der Waals surface area contributed by atoms with E-state index in [2.05, 4.69) is 37.7 Å². The zero-order valence-electron chi connectivity index (χ0n) is 28.2. The van der Waals surface area contributed by atoms with Gasteiger partial charge in [0, 0.05) is 18.4 Å². The summed E-state index contributed by atoms with van der Waals surface area (Å²) in [5.74, 6) is -0.0961. The highest BCUT2D eigenvalue weighted by atomic mass is 16.6. The van der Waals surface area contributed by atoms with E-state index in [4.69, 9.17) is 42.6 Å². The Kier molecular flexibility index (Phi) is 22.4. The molecule has 0 saturated carbocycles. The zero-order valence-corrected chi connectivity index (χ0v) is 28.2. The average Bonchev–Trinajstić information content (AvgIpc) is 3.61. The van der Waals surface area contributed by atoms with Crippen LogP contribution in [0.25, 0.3) is 0 Å². The second-order valence-electron chi connectivity index (χ2n) is 11.5. The third-order valence-corrected chi connectivity index (χ3v) is 6.37. The zero-order chi connectivity index (χ0) is 33.1. The van der Waals surface area contributed by atoms with Crippen LogP contribution in [0, 0.1) is 5.41 Å². The van der Waals surface area contributed by atoms with E-state index in [9.17, 15) is 4.79 Å². The van der Waals surface area contributed by atoms with Crippen LogP contribution in [0.3, 0.4) is 0 Å². The number of amides is 1. The molecule has 0 unspecified atom stereocenters. The maximum absolute atomic E-state index is 11.8. The summed E-state index contributed by atoms with van der Waals surface area (Å²) in [7, 11) is 0. The van der Waals surface area contributed by atoms with Crippen LogP contribution >= 0.6 is 0 Å². The monoisotopic (exact) mass is 656 g/mol. The highest BCUT2D eigenvalue weighted by Gasteiger charge is 2.20. The maximum Gasteiger partial charge on any atom is 0.251 e. The van der Waals surface area contributed by atoms with Crippen molar-refractivity contribution in [3.8, 4) is 0 Å². The van der Waals surface area contributed by atoms with Crippen LogP contribution in [0.5, 0.6) is 0 Å². The Bertz CT molecular complexity index is 936. The molecule has 46 heavy (non-hydrogen) atoms. The van der Waals surface area contributed by atoms with E-state index >= 15 is 0 Å². The molecular weight excluding hydrogens is 600 g/mol. The SMILES string of the molecule is C=C1C=CC(=O)N1Cc1cn(CCOCCOCCOCCOCCOCCOCCOCCOCCOCCC(C)(C)C)nn1. The molecule has 264 valence electrons. The molecule has 0 aliphatic carbocycles. The van der Waals surface area contributed by atoms with E-state index in [1.54, 1.807) is 21.9 Å². The lowest BCUT2D eigenvalue weighted by Crippen LogP contribution is -2.23. The van der Waals surface area contributed by atoms with Crippen LogP contribution in [0.4, 0.5) is 0 Å². The van der Waals surface area contributed by atoms with Gasteiger partial charge in [-0.05, 0) is 17.9 Å². The molecule has 0 N–H and O–H groups in total. The summed E-state index contributed by atoms with van der Waals surface area (Å²) in [6.45, 7) is 20.9. The van der Waals surface area contributed by atoms with E-state index in [-0.39, 0.29) is 5.91 Å². The van der Waals surface area contributed by atoms with Gasteiger partial charge >= 0.3 is 0 Å². The predicted molar refractivity (Wildman–Crippen MR) is 170 cm³/mol. The van der Waals surface area contributed by atoms with Gasteiger partial charge < -0.3 is 47.5 Å². The first-order valence-corrected chi connectivity index (χ1v) is 16.1. The number of rotatable bonds is 31. The molecule has 2 rings (SSSR count). The van der Waals surface area contributed by atoms with Crippen LogP contribution in [-0.4, -0.2) is 145 Å². The Labute approximate surface area is 274 Å². The molecule has 0 aromatic carbocycles. The molecule has 0 spiro atoms. The standard InChI is InChI=1S/C32H56N4O10/c1-29-5-6-31(37)36(29)28-30-27-35(34-33-30)8-10-39-12-14-41-16-18-43-20-22-45-24-26-46-25-23-44-21-19-42-17-15-40-13-11-38-9-7-32(2,3)4/h5-6,27H,1,7-26,28H2,2-4H3. The van der Waals surface area contributed by atoms with Gasteiger partial charge in [-0.25, -0.2) is 4.68 Å². The molecule has 1 aliphatic rings. The van der Waals surface area contributed by atoms with E-state index in [1.807, 2.05) is 0 Å². The molecule has 1 aliphatic heterocycles. The fourth-order valence-electron chi connectivity index (χ4n) is 3.75. The number of ether oxygens (including phenoxy) is 9. The Balaban J connectivity index is 1.21. The Hall–Kier alpha value is -2.27. The van der Waals surface area contributed by atoms with Crippen molar-refractivity contribution in [3.63, 3.8) is 0 Å². The van der Waals surface area contributed by atoms with Gasteiger partial charge in [0.1, 0.15) is 5.69 Å². The number of aromatic nitrogens is 3. The van der Waals surface area contributed by atoms with E-state index < -0.39 is 0 Å². The lowest BCUT2D eigenvalue weighted by molar-refractivity contribution is -0.123. The van der Waals surface area contributed by atoms with Crippen LogP contribution in [0.15, 0.2) is 30.6 Å². The normalized spacial score (nSPS) is 13.5. The summed E-state index contributed by atoms with van der Waals surface area (Å²) in [6, 6.07) is 0. The largest absolute Gasteiger partial charge is 0.379 e. The molecule has 0 radical (unpaired) electrons. The fraction of sp³-hybridized carbons (Fsp3) is 0.781. The number of carbonyl (C=O) groups is 1. The summed E-state index contributed by atoms with van der Waals surface area (Å²) >= 11 is 0. The molecule has 0 saturated heterocycles. The van der Waals surface area contributed by atoms with Gasteiger partial charge in [0.05, 0.1) is 132 Å². The van der Waals surface area contributed by atoms with Crippen molar-refractivity contribution in [2.24, 2.45) is 5.41 Å². The summed E-state index contributed by atoms with van der Waals surface area (Å²) < 4.78 is 51.3. The molecule has 1 aromatic rings. The van der Waals surface area contributed by atoms with Crippen molar-refractivity contribution < 1.29 is 47.4 Å². The van der Waals surface area contributed by atoms with Gasteiger partial charge in [0.25, 0.3) is 5.91 Å². The number of hydrogen-bond donors (Lipinski definition) is 0. The molecule has 1 aromatic heterocycles. The lowest BCUT2D eigenvalue weighted by atomic mass is 9.93. The minimum absolute atomic E-state index is 0.0961. The van der Waals surface area contributed by atoms with Gasteiger partial charge in [0.2, 0.25) is 0 Å². The number of nitrogens with zero attached hydrogens (tertiary/aromatic N) is 4. The quantitative estimate of drug-likeness (QED) is 0.109. The van der Waals surface area contributed by atoms with E-state index in [0.717, 1.165) is 13.0 Å². The maximum atomic E-state index is 11.8. The highest BCUT2D eigenvalue weighted by Crippen LogP contribution is 2.18. The summed E-state index contributed by atoms with van der Waals surface area (Å²) in [6.07, 6.45) is 6.02. The molecule has 0 atom stereocenters. The minimum Gasteiger partial charge on any atom is -0.379 e. The second-order valence-corrected chi connectivity index (χ2v) is 11.5. The molecular formula is C32H56N4O10. The van der Waals surface area contributed by atoms with Gasteiger partial charge in [-0.15, -0.1) is 5.10 Å². The average molecular weight is 657 g/mol. The van der Waals surface area contributed by atoms with Gasteiger partial charge in [-0.1, -0.05) is 32.6 Å². The van der Waals surface area contributed by atoms with Gasteiger partial charge in [-0.2, -0.15) is 0 Å². The Morgan fingerprint density at radius 1 is 0.609 bits per heavy atom. The van der Waals surface area contributed by atoms with Crippen LogP contribution in [0.2, 0.25) is 0 Å². The molecule has 14 heteroatoms. The Morgan fingerprint density at radius 2 is 1.00 bits per heavy atom. The van der Waals surface area contributed by atoms with Crippen LogP contribution in [-0.2, 0) is 60.5 Å². The second kappa shape index (κ2) is 25.8. The summed E-state index contributed by atoms with van der Waals surface area (Å²) in [5.41, 5.74) is 1.65. The third-order valence-electron chi connectivity index (χ3n) is 6.37. The van der Waals surface area contributed by atoms with Crippen molar-refractivity contribution in [3.05, 3.63) is 36.3 Å². The minimum atomic E-state index is -0.0961. The summed E-state index contributed by atoms with van der Waals surface area (Å²) in [4.78, 5) is 13.3. The number of hydrogen-bond acceptors (Lipinski definition) is 12. The molecule has 0 fully saturated rings. The summed E-state index contributed by atoms with van der Waals surface area (Å²) in [5, 5.41) is 8.16. The molecule has 2 heterocycles. The van der Waals surface area contributed by atoms with Crippen molar-refractivity contribution >= 4 is 5.91 Å². The van der Waals surface area contributed by atoms with Gasteiger partial charge in [0.15, 0.2) is 0 Å². The topological polar surface area (TPSA) is 134 Å². The fourth-order valence-corrected chi connectivity index (χ4v) is 3.75. The van der Waals surface area contributed by atoms with Crippen molar-refractivity contribution in [1.29, 1.82) is 0 Å². The Morgan fingerprint density at radius 3 is 1.37 bits per heavy atom. The van der Waals surface area contributed by atoms with Crippen molar-refractivity contribution in [2.45, 2.75) is 40.3 Å². The first kappa shape index (κ1) is 39.9. The third kappa shape index (κ3) is 21.5. The smallest absolute Gasteiger partial charge is 0.251 e. The predicted octanol–water partition coefficient (Wildman–Crippen LogP) is 2.28. The molecule has 0 bridgehead atoms. The molecule has 1 amide bonds. The highest BCUT2D eigenvalue weighted by molar-refractivity contribution is 5.92. The van der Waals surface area contributed by atoms with Crippen LogP contribution < -0.4 is 0 Å². The van der Waals surface area contributed by atoms with E-state index in [1.165, 1.54) is 6.08 Å².